The summed E-state index contributed by atoms with van der Waals surface area (Å²) in [5, 5.41) is 11.2. The smallest absolute Gasteiger partial charge is 0.253 e. The topological polar surface area (TPSA) is 80.1 Å². The number of thioether (sulfide) groups is 1. The van der Waals surface area contributed by atoms with Crippen LogP contribution in [0.3, 0.4) is 0 Å². The molecule has 7 nitrogen and oxygen atoms in total. The van der Waals surface area contributed by atoms with Gasteiger partial charge in [0.2, 0.25) is 5.91 Å². The highest BCUT2D eigenvalue weighted by Crippen LogP contribution is 2.18. The van der Waals surface area contributed by atoms with Crippen LogP contribution in [-0.2, 0) is 18.4 Å². The molecule has 2 aromatic carbocycles. The summed E-state index contributed by atoms with van der Waals surface area (Å²) in [4.78, 5) is 26.8. The predicted molar refractivity (Wildman–Crippen MR) is 123 cm³/mol. The number of hydrogen-bond donors (Lipinski definition) is 1. The number of anilines is 1. The fourth-order valence-corrected chi connectivity index (χ4v) is 3.72. The highest BCUT2D eigenvalue weighted by Gasteiger charge is 2.14. The van der Waals surface area contributed by atoms with Gasteiger partial charge in [-0.25, -0.2) is 0 Å². The van der Waals surface area contributed by atoms with Gasteiger partial charge in [-0.05, 0) is 35.2 Å². The molecule has 0 bridgehead atoms. The first kappa shape index (κ1) is 22.6. The van der Waals surface area contributed by atoms with Crippen LogP contribution in [0.15, 0.2) is 60.0 Å². The van der Waals surface area contributed by atoms with Crippen molar-refractivity contribution in [1.82, 2.24) is 19.7 Å². The number of hydrogen-bond acceptors (Lipinski definition) is 5. The van der Waals surface area contributed by atoms with Crippen LogP contribution in [-0.4, -0.2) is 44.3 Å². The molecule has 1 aromatic heterocycles. The van der Waals surface area contributed by atoms with Crippen molar-refractivity contribution in [2.45, 2.75) is 31.5 Å². The molecule has 0 fully saturated rings. The third-order valence-electron chi connectivity index (χ3n) is 4.81. The molecular weight excluding hydrogens is 410 g/mol. The molecule has 3 aromatic rings. The molecule has 0 saturated heterocycles. The van der Waals surface area contributed by atoms with Crippen molar-refractivity contribution in [3.8, 4) is 0 Å². The molecule has 0 aliphatic heterocycles. The number of carbonyl (C=O) groups excluding carboxylic acids is 2. The summed E-state index contributed by atoms with van der Waals surface area (Å²) in [5.74, 6) is 0.413. The lowest BCUT2D eigenvalue weighted by molar-refractivity contribution is -0.113. The number of rotatable bonds is 8. The summed E-state index contributed by atoms with van der Waals surface area (Å²) >= 11 is 1.30. The first-order valence-corrected chi connectivity index (χ1v) is 11.0. The second kappa shape index (κ2) is 10.3. The van der Waals surface area contributed by atoms with Crippen molar-refractivity contribution >= 4 is 29.3 Å². The lowest BCUT2D eigenvalue weighted by Gasteiger charge is -2.18. The van der Waals surface area contributed by atoms with Crippen LogP contribution >= 0.6 is 11.8 Å². The first-order valence-electron chi connectivity index (χ1n) is 10.0. The molecule has 3 rings (SSSR count). The lowest BCUT2D eigenvalue weighted by atomic mass is 10.0. The van der Waals surface area contributed by atoms with E-state index < -0.39 is 0 Å². The van der Waals surface area contributed by atoms with Crippen LogP contribution in [0, 0.1) is 0 Å². The summed E-state index contributed by atoms with van der Waals surface area (Å²) in [6.45, 7) is 4.83. The van der Waals surface area contributed by atoms with Crippen LogP contribution in [0.25, 0.3) is 0 Å². The van der Waals surface area contributed by atoms with Gasteiger partial charge in [-0.3, -0.25) is 9.59 Å². The van der Waals surface area contributed by atoms with Crippen molar-refractivity contribution in [3.05, 3.63) is 71.5 Å². The molecular formula is C23H27N5O2S. The van der Waals surface area contributed by atoms with Gasteiger partial charge < -0.3 is 14.8 Å². The van der Waals surface area contributed by atoms with Crippen molar-refractivity contribution < 1.29 is 9.59 Å². The van der Waals surface area contributed by atoms with E-state index in [4.69, 9.17) is 0 Å². The number of benzene rings is 2. The Bertz CT molecular complexity index is 1050. The summed E-state index contributed by atoms with van der Waals surface area (Å²) in [6, 6.07) is 15.3. The summed E-state index contributed by atoms with van der Waals surface area (Å²) in [6.07, 6.45) is 1.59. The minimum Gasteiger partial charge on any atom is -0.337 e. The lowest BCUT2D eigenvalue weighted by Crippen LogP contribution is -2.26. The zero-order valence-corrected chi connectivity index (χ0v) is 19.0. The van der Waals surface area contributed by atoms with Gasteiger partial charge in [0.15, 0.2) is 5.16 Å². The van der Waals surface area contributed by atoms with E-state index in [2.05, 4.69) is 53.6 Å². The number of aromatic nitrogens is 3. The largest absolute Gasteiger partial charge is 0.337 e. The zero-order chi connectivity index (χ0) is 22.4. The van der Waals surface area contributed by atoms with Gasteiger partial charge in [-0.1, -0.05) is 55.9 Å². The van der Waals surface area contributed by atoms with E-state index >= 15 is 0 Å². The summed E-state index contributed by atoms with van der Waals surface area (Å²) in [7, 11) is 3.60. The Labute approximate surface area is 186 Å². The minimum absolute atomic E-state index is 0.0995. The van der Waals surface area contributed by atoms with Crippen LogP contribution < -0.4 is 5.32 Å². The SMILES string of the molecule is CC(C)c1ccc(CN(C)C(=O)c2cccc(NC(=O)CSc3nncn3C)c2)cc1. The molecule has 0 spiro atoms. The minimum atomic E-state index is -0.170. The molecule has 0 atom stereocenters. The van der Waals surface area contributed by atoms with Crippen molar-refractivity contribution in [2.24, 2.45) is 7.05 Å². The third kappa shape index (κ3) is 6.18. The van der Waals surface area contributed by atoms with Crippen molar-refractivity contribution in [3.63, 3.8) is 0 Å². The van der Waals surface area contributed by atoms with Crippen molar-refractivity contribution in [1.29, 1.82) is 0 Å². The quantitative estimate of drug-likeness (QED) is 0.540. The van der Waals surface area contributed by atoms with Crippen LogP contribution in [0.2, 0.25) is 0 Å². The second-order valence-corrected chi connectivity index (χ2v) is 8.64. The Morgan fingerprint density at radius 1 is 1.16 bits per heavy atom. The maximum atomic E-state index is 12.9. The Morgan fingerprint density at radius 2 is 1.90 bits per heavy atom. The van der Waals surface area contributed by atoms with Crippen LogP contribution in [0.4, 0.5) is 5.69 Å². The van der Waals surface area contributed by atoms with Crippen LogP contribution in [0.5, 0.6) is 0 Å². The Kier molecular flexibility index (Phi) is 7.46. The van der Waals surface area contributed by atoms with E-state index in [0.29, 0.717) is 28.9 Å². The van der Waals surface area contributed by atoms with Crippen LogP contribution in [0.1, 0.15) is 41.3 Å². The molecule has 0 aliphatic rings. The van der Waals surface area contributed by atoms with E-state index in [1.54, 1.807) is 47.1 Å². The standard InChI is InChI=1S/C23H27N5O2S/c1-16(2)18-10-8-17(9-11-18)13-27(3)22(30)19-6-5-7-20(12-19)25-21(29)14-31-23-26-24-15-28(23)4/h5-12,15-16H,13-14H2,1-4H3,(H,25,29). The van der Waals surface area contributed by atoms with Crippen molar-refractivity contribution in [2.75, 3.05) is 18.1 Å². The fraction of sp³-hybridized carbons (Fsp3) is 0.304. The Morgan fingerprint density at radius 3 is 2.55 bits per heavy atom. The average Bonchev–Trinajstić information content (AvgIpc) is 3.17. The molecule has 0 radical (unpaired) electrons. The van der Waals surface area contributed by atoms with Gasteiger partial charge in [0.05, 0.1) is 5.75 Å². The number of amides is 2. The van der Waals surface area contributed by atoms with E-state index in [0.717, 1.165) is 5.56 Å². The first-order chi connectivity index (χ1) is 14.8. The van der Waals surface area contributed by atoms with E-state index in [1.807, 2.05) is 7.05 Å². The summed E-state index contributed by atoms with van der Waals surface area (Å²) < 4.78 is 1.75. The maximum absolute atomic E-state index is 12.9. The van der Waals surface area contributed by atoms with E-state index in [9.17, 15) is 9.59 Å². The Balaban J connectivity index is 1.58. The molecule has 0 unspecified atom stereocenters. The number of nitrogens with one attached hydrogen (secondary N) is 1. The number of aryl methyl sites for hydroxylation is 1. The molecule has 0 saturated carbocycles. The van der Waals surface area contributed by atoms with Gasteiger partial charge >= 0.3 is 0 Å². The molecule has 0 aliphatic carbocycles. The molecule has 1 N–H and O–H groups in total. The van der Waals surface area contributed by atoms with Gasteiger partial charge in [-0.15, -0.1) is 10.2 Å². The fourth-order valence-electron chi connectivity index (χ4n) is 3.03. The number of carbonyl (C=O) groups is 2. The van der Waals surface area contributed by atoms with Gasteiger partial charge in [0.1, 0.15) is 6.33 Å². The molecule has 2 amide bonds. The highest BCUT2D eigenvalue weighted by atomic mass is 32.2. The van der Waals surface area contributed by atoms with Gasteiger partial charge in [0, 0.05) is 31.9 Å². The summed E-state index contributed by atoms with van der Waals surface area (Å²) in [5.41, 5.74) is 3.47. The van der Waals surface area contributed by atoms with E-state index in [1.165, 1.54) is 17.3 Å². The van der Waals surface area contributed by atoms with Gasteiger partial charge in [-0.2, -0.15) is 0 Å². The molecule has 162 valence electrons. The monoisotopic (exact) mass is 437 g/mol. The highest BCUT2D eigenvalue weighted by molar-refractivity contribution is 7.99. The Hall–Kier alpha value is -3.13. The normalized spacial score (nSPS) is 10.9. The predicted octanol–water partition coefficient (Wildman–Crippen LogP) is 3.94. The maximum Gasteiger partial charge on any atom is 0.253 e. The van der Waals surface area contributed by atoms with Gasteiger partial charge in [0.25, 0.3) is 5.91 Å². The average molecular weight is 438 g/mol. The van der Waals surface area contributed by atoms with E-state index in [-0.39, 0.29) is 17.6 Å². The third-order valence-corrected chi connectivity index (χ3v) is 5.84. The second-order valence-electron chi connectivity index (χ2n) is 7.70. The number of nitrogens with zero attached hydrogens (tertiary/aromatic N) is 4. The molecule has 31 heavy (non-hydrogen) atoms. The molecule has 8 heteroatoms. The molecule has 1 heterocycles. The zero-order valence-electron chi connectivity index (χ0n) is 18.2.